The van der Waals surface area contributed by atoms with Crippen molar-refractivity contribution in [2.75, 3.05) is 34.4 Å². The molecule has 7 nitrogen and oxygen atoms in total. The van der Waals surface area contributed by atoms with Crippen molar-refractivity contribution in [1.29, 1.82) is 0 Å². The van der Waals surface area contributed by atoms with Crippen molar-refractivity contribution in [3.63, 3.8) is 0 Å². The molecular weight excluding hydrogens is 548 g/mol. The number of rotatable bonds is 14. The summed E-state index contributed by atoms with van der Waals surface area (Å²) in [5.41, 5.74) is 1.03. The smallest absolute Gasteiger partial charge is 0.261 e. The molecule has 42 heavy (non-hydrogen) atoms. The van der Waals surface area contributed by atoms with E-state index in [0.29, 0.717) is 19.6 Å². The third kappa shape index (κ3) is 7.56. The van der Waals surface area contributed by atoms with Gasteiger partial charge in [-0.05, 0) is 27.4 Å². The third-order valence-corrected chi connectivity index (χ3v) is 13.0. The fourth-order valence-electron chi connectivity index (χ4n) is 6.08. The van der Waals surface area contributed by atoms with Gasteiger partial charge in [-0.2, -0.15) is 0 Å². The Morgan fingerprint density at radius 3 is 1.76 bits per heavy atom. The van der Waals surface area contributed by atoms with Crippen LogP contribution in [0.15, 0.2) is 91.0 Å². The lowest BCUT2D eigenvalue weighted by molar-refractivity contribution is -0.240. The average molecular weight is 595 g/mol. The lowest BCUT2D eigenvalue weighted by Gasteiger charge is -2.47. The molecule has 3 aromatic carbocycles. The summed E-state index contributed by atoms with van der Waals surface area (Å²) in [6.07, 6.45) is -2.03. The molecule has 4 rings (SSSR count). The summed E-state index contributed by atoms with van der Waals surface area (Å²) in [7, 11) is 0.332. The predicted molar refractivity (Wildman–Crippen MR) is 166 cm³/mol. The fraction of sp³-hybridized carbons (Fsp3) is 0.471. The van der Waals surface area contributed by atoms with E-state index in [0.717, 1.165) is 5.56 Å². The number of ether oxygens (including phenoxy) is 5. The van der Waals surface area contributed by atoms with E-state index in [1.807, 2.05) is 42.5 Å². The highest BCUT2D eigenvalue weighted by atomic mass is 28.4. The quantitative estimate of drug-likeness (QED) is 0.218. The zero-order chi connectivity index (χ0) is 30.0. The topological polar surface area (TPSA) is 75.6 Å². The molecule has 1 saturated carbocycles. The Hall–Kier alpha value is -2.40. The first-order chi connectivity index (χ1) is 20.3. The number of hydrogen-bond donors (Lipinski definition) is 1. The van der Waals surface area contributed by atoms with Crippen molar-refractivity contribution >= 4 is 18.7 Å². The van der Waals surface area contributed by atoms with Crippen molar-refractivity contribution in [3.8, 4) is 0 Å². The minimum absolute atomic E-state index is 0.0310. The molecule has 0 unspecified atom stereocenters. The van der Waals surface area contributed by atoms with Crippen LogP contribution in [-0.2, 0) is 34.7 Å². The van der Waals surface area contributed by atoms with Gasteiger partial charge in [-0.1, -0.05) is 112 Å². The van der Waals surface area contributed by atoms with Crippen LogP contribution in [0.25, 0.3) is 0 Å². The van der Waals surface area contributed by atoms with Gasteiger partial charge in [0.2, 0.25) is 0 Å². The van der Waals surface area contributed by atoms with Gasteiger partial charge in [0.05, 0.1) is 18.8 Å². The molecule has 8 heteroatoms. The lowest BCUT2D eigenvalue weighted by atomic mass is 9.81. The molecule has 1 N–H and O–H groups in total. The van der Waals surface area contributed by atoms with Gasteiger partial charge >= 0.3 is 0 Å². The summed E-state index contributed by atoms with van der Waals surface area (Å²) in [5.74, 6) is -0.172. The third-order valence-electron chi connectivity index (χ3n) is 8.03. The highest BCUT2D eigenvalue weighted by Gasteiger charge is 2.52. The van der Waals surface area contributed by atoms with E-state index in [-0.39, 0.29) is 24.5 Å². The Bertz CT molecular complexity index is 1130. The molecule has 3 aromatic rings. The van der Waals surface area contributed by atoms with Gasteiger partial charge < -0.3 is 33.2 Å². The minimum Gasteiger partial charge on any atom is -0.407 e. The molecule has 1 aliphatic carbocycles. The van der Waals surface area contributed by atoms with Crippen molar-refractivity contribution in [3.05, 3.63) is 96.6 Å². The lowest BCUT2D eigenvalue weighted by Crippen LogP contribution is -2.67. The van der Waals surface area contributed by atoms with Gasteiger partial charge in [0.1, 0.15) is 25.8 Å². The molecule has 1 fully saturated rings. The molecule has 5 atom stereocenters. The van der Waals surface area contributed by atoms with Crippen molar-refractivity contribution in [2.24, 2.45) is 5.92 Å². The summed E-state index contributed by atoms with van der Waals surface area (Å²) < 4.78 is 36.2. The van der Waals surface area contributed by atoms with Crippen LogP contribution < -0.4 is 10.4 Å². The monoisotopic (exact) mass is 594 g/mol. The first kappa shape index (κ1) is 32.5. The molecule has 0 aromatic heterocycles. The Balaban J connectivity index is 1.70. The number of benzene rings is 3. The molecule has 0 aliphatic heterocycles. The van der Waals surface area contributed by atoms with E-state index in [1.165, 1.54) is 10.4 Å². The predicted octanol–water partition coefficient (Wildman–Crippen LogP) is 4.51. The van der Waals surface area contributed by atoms with Gasteiger partial charge in [-0.25, -0.2) is 0 Å². The number of methoxy groups -OCH3 is 2. The van der Waals surface area contributed by atoms with Crippen LogP contribution in [0.5, 0.6) is 0 Å². The van der Waals surface area contributed by atoms with Crippen LogP contribution in [0.1, 0.15) is 32.8 Å². The molecule has 0 radical (unpaired) electrons. The van der Waals surface area contributed by atoms with E-state index in [9.17, 15) is 5.11 Å². The summed E-state index contributed by atoms with van der Waals surface area (Å²) in [5, 5.41) is 14.0. The number of hydrogen-bond acceptors (Lipinski definition) is 7. The molecule has 0 bridgehead atoms. The van der Waals surface area contributed by atoms with Crippen LogP contribution in [0, 0.1) is 5.92 Å². The maximum atomic E-state index is 11.7. The SMILES string of the molecule is COCO[C@H]1[C@@H](O)[C@H](OCc2ccccc2)[C@@H](CO[Si](c2ccccc2)(c2ccccc2)C(C)(C)C)C[C@H]1OCOC. The highest BCUT2D eigenvalue weighted by Crippen LogP contribution is 2.39. The minimum atomic E-state index is -2.81. The molecule has 0 heterocycles. The molecule has 0 spiro atoms. The second-order valence-corrected chi connectivity index (χ2v) is 16.2. The van der Waals surface area contributed by atoms with Crippen LogP contribution in [0.4, 0.5) is 0 Å². The van der Waals surface area contributed by atoms with E-state index >= 15 is 0 Å². The standard InChI is InChI=1S/C34H46O7Si/c1-34(2,3)42(28-17-11-7-12-18-28,29-19-13-8-14-20-29)41-23-27-21-30(39-24-36-4)33(40-25-37-5)31(35)32(27)38-22-26-15-9-6-10-16-26/h6-20,27,30-33,35H,21-25H2,1-5H3/t27-,30-,31+,32-,33-/m1/s1. The Labute approximate surface area is 251 Å². The molecule has 1 aliphatic rings. The van der Waals surface area contributed by atoms with Crippen LogP contribution in [-0.4, -0.2) is 72.3 Å². The maximum Gasteiger partial charge on any atom is 0.261 e. The van der Waals surface area contributed by atoms with Crippen LogP contribution in [0.3, 0.4) is 0 Å². The zero-order valence-electron chi connectivity index (χ0n) is 25.5. The first-order valence-electron chi connectivity index (χ1n) is 14.6. The number of aliphatic hydroxyl groups is 1. The average Bonchev–Trinajstić information content (AvgIpc) is 3.00. The van der Waals surface area contributed by atoms with E-state index in [2.05, 4.69) is 69.3 Å². The van der Waals surface area contributed by atoms with E-state index < -0.39 is 32.7 Å². The Morgan fingerprint density at radius 2 is 1.24 bits per heavy atom. The molecular formula is C34H46O7Si. The summed E-state index contributed by atoms with van der Waals surface area (Å²) in [6, 6.07) is 31.1. The van der Waals surface area contributed by atoms with Gasteiger partial charge in [0, 0.05) is 26.7 Å². The zero-order valence-corrected chi connectivity index (χ0v) is 26.5. The van der Waals surface area contributed by atoms with Gasteiger partial charge in [-0.15, -0.1) is 0 Å². The normalized spacial score (nSPS) is 23.1. The summed E-state index contributed by atoms with van der Waals surface area (Å²) in [6.45, 7) is 7.64. The van der Waals surface area contributed by atoms with Crippen LogP contribution in [0.2, 0.25) is 5.04 Å². The summed E-state index contributed by atoms with van der Waals surface area (Å²) >= 11 is 0. The second-order valence-electron chi connectivity index (χ2n) is 11.9. The first-order valence-corrected chi connectivity index (χ1v) is 16.5. The molecule has 0 saturated heterocycles. The van der Waals surface area contributed by atoms with Gasteiger partial charge in [0.15, 0.2) is 0 Å². The molecule has 228 valence electrons. The largest absolute Gasteiger partial charge is 0.407 e. The molecule has 0 amide bonds. The van der Waals surface area contributed by atoms with Crippen molar-refractivity contribution in [1.82, 2.24) is 0 Å². The van der Waals surface area contributed by atoms with Crippen molar-refractivity contribution in [2.45, 2.75) is 63.3 Å². The number of aliphatic hydroxyl groups excluding tert-OH is 1. The van der Waals surface area contributed by atoms with E-state index in [4.69, 9.17) is 28.1 Å². The van der Waals surface area contributed by atoms with E-state index in [1.54, 1.807) is 14.2 Å². The maximum absolute atomic E-state index is 11.7. The van der Waals surface area contributed by atoms with Gasteiger partial charge in [-0.3, -0.25) is 0 Å². The van der Waals surface area contributed by atoms with Crippen molar-refractivity contribution < 1.29 is 33.2 Å². The van der Waals surface area contributed by atoms with Crippen LogP contribution >= 0.6 is 0 Å². The summed E-state index contributed by atoms with van der Waals surface area (Å²) in [4.78, 5) is 0. The fourth-order valence-corrected chi connectivity index (χ4v) is 10.7. The highest BCUT2D eigenvalue weighted by molar-refractivity contribution is 6.99. The van der Waals surface area contributed by atoms with Gasteiger partial charge in [0.25, 0.3) is 8.32 Å². The Kier molecular flexibility index (Phi) is 11.9. The second kappa shape index (κ2) is 15.4. The Morgan fingerprint density at radius 1 is 0.714 bits per heavy atom.